The van der Waals surface area contributed by atoms with Gasteiger partial charge in [-0.15, -0.1) is 0 Å². The van der Waals surface area contributed by atoms with Crippen molar-refractivity contribution in [2.75, 3.05) is 7.11 Å². The third-order valence-electron chi connectivity index (χ3n) is 6.47. The van der Waals surface area contributed by atoms with E-state index in [1.807, 2.05) is 72.0 Å². The number of aryl methyl sites for hydroxylation is 2. The van der Waals surface area contributed by atoms with E-state index >= 15 is 0 Å². The number of methoxy groups -OCH3 is 1. The number of rotatable bonds is 4. The van der Waals surface area contributed by atoms with E-state index in [9.17, 15) is 9.59 Å². The van der Waals surface area contributed by atoms with Crippen molar-refractivity contribution in [2.45, 2.75) is 0 Å². The molecule has 0 aliphatic carbocycles. The van der Waals surface area contributed by atoms with Crippen LogP contribution >= 0.6 is 0 Å². The SMILES string of the molecule is COc1ccc2c(C3=C(c4cn(C)c5cc(-c6cnc[nH]6)ccc45)C(=O)NC3=O)cn(C)c2c1. The maximum atomic E-state index is 13.1. The number of fused-ring (bicyclic) bond motifs is 2. The van der Waals surface area contributed by atoms with Gasteiger partial charge in [-0.3, -0.25) is 14.9 Å². The lowest BCUT2D eigenvalue weighted by Crippen LogP contribution is -2.22. The maximum absolute atomic E-state index is 13.1. The number of nitrogens with one attached hydrogen (secondary N) is 2. The Labute approximate surface area is 194 Å². The molecule has 2 N–H and O–H groups in total. The van der Waals surface area contributed by atoms with Gasteiger partial charge in [0.05, 0.1) is 42.0 Å². The van der Waals surface area contributed by atoms with Crippen molar-refractivity contribution in [3.8, 4) is 17.0 Å². The zero-order chi connectivity index (χ0) is 23.6. The number of imidazole rings is 1. The Morgan fingerprint density at radius 1 is 0.853 bits per heavy atom. The molecule has 0 atom stereocenters. The number of carbonyl (C=O) groups excluding carboxylic acids is 2. The summed E-state index contributed by atoms with van der Waals surface area (Å²) in [6.07, 6.45) is 7.20. The minimum atomic E-state index is -0.394. The van der Waals surface area contributed by atoms with E-state index in [-0.39, 0.29) is 0 Å². The number of H-pyrrole nitrogens is 1. The highest BCUT2D eigenvalue weighted by atomic mass is 16.5. The second kappa shape index (κ2) is 7.21. The number of imide groups is 1. The minimum Gasteiger partial charge on any atom is -0.497 e. The fourth-order valence-corrected chi connectivity index (χ4v) is 4.82. The molecule has 0 spiro atoms. The average molecular weight is 451 g/mol. The number of aromatic nitrogens is 4. The van der Waals surface area contributed by atoms with Crippen molar-refractivity contribution in [1.29, 1.82) is 0 Å². The number of hydrogen-bond donors (Lipinski definition) is 2. The van der Waals surface area contributed by atoms with Crippen LogP contribution in [0.1, 0.15) is 11.1 Å². The van der Waals surface area contributed by atoms with Crippen molar-refractivity contribution in [2.24, 2.45) is 14.1 Å². The molecule has 2 aromatic carbocycles. The first kappa shape index (κ1) is 20.0. The van der Waals surface area contributed by atoms with E-state index in [4.69, 9.17) is 4.74 Å². The standard InChI is InChI=1S/C26H21N5O3/c1-30-11-18(16-6-4-14(8-21(16)30)20-10-27-13-28-20)23-24(26(33)29-25(23)32)19-12-31(2)22-9-15(34-3)5-7-17(19)22/h4-13H,1-3H3,(H,27,28)(H,29,32,33). The van der Waals surface area contributed by atoms with Crippen molar-refractivity contribution in [1.82, 2.24) is 24.4 Å². The molecular formula is C26H21N5O3. The third kappa shape index (κ3) is 2.82. The lowest BCUT2D eigenvalue weighted by atomic mass is 9.95. The smallest absolute Gasteiger partial charge is 0.259 e. The molecule has 8 heteroatoms. The summed E-state index contributed by atoms with van der Waals surface area (Å²) < 4.78 is 9.27. The first-order valence-corrected chi connectivity index (χ1v) is 10.8. The average Bonchev–Trinajstić information content (AvgIpc) is 3.60. The van der Waals surface area contributed by atoms with Gasteiger partial charge in [0, 0.05) is 65.5 Å². The molecule has 0 unspecified atom stereocenters. The van der Waals surface area contributed by atoms with Gasteiger partial charge in [-0.2, -0.15) is 0 Å². The number of aromatic amines is 1. The van der Waals surface area contributed by atoms with Crippen molar-refractivity contribution in [3.05, 3.63) is 72.4 Å². The summed E-state index contributed by atoms with van der Waals surface area (Å²) in [5.41, 5.74) is 5.95. The number of hydrogen-bond acceptors (Lipinski definition) is 4. The lowest BCUT2D eigenvalue weighted by molar-refractivity contribution is -0.122. The van der Waals surface area contributed by atoms with Gasteiger partial charge in [0.2, 0.25) is 0 Å². The van der Waals surface area contributed by atoms with Crippen molar-refractivity contribution >= 4 is 44.8 Å². The minimum absolute atomic E-state index is 0.380. The molecule has 3 aromatic heterocycles. The number of nitrogens with zero attached hydrogens (tertiary/aromatic N) is 3. The molecule has 0 fully saturated rings. The molecule has 1 aliphatic heterocycles. The number of carbonyl (C=O) groups is 2. The topological polar surface area (TPSA) is 93.9 Å². The zero-order valence-electron chi connectivity index (χ0n) is 18.8. The molecule has 1 aliphatic rings. The Morgan fingerprint density at radius 3 is 2.06 bits per heavy atom. The Kier molecular flexibility index (Phi) is 4.25. The highest BCUT2D eigenvalue weighted by molar-refractivity contribution is 6.50. The quantitative estimate of drug-likeness (QED) is 0.408. The van der Waals surface area contributed by atoms with Crippen LogP contribution in [-0.2, 0) is 23.7 Å². The van der Waals surface area contributed by atoms with Crippen LogP contribution in [-0.4, -0.2) is 38.0 Å². The van der Waals surface area contributed by atoms with E-state index in [0.717, 1.165) is 44.4 Å². The maximum Gasteiger partial charge on any atom is 0.259 e. The molecule has 0 saturated carbocycles. The molecule has 4 heterocycles. The van der Waals surface area contributed by atoms with E-state index in [1.165, 1.54) is 0 Å². The molecule has 6 rings (SSSR count). The summed E-state index contributed by atoms with van der Waals surface area (Å²) in [6.45, 7) is 0. The van der Waals surface area contributed by atoms with Gasteiger partial charge in [0.25, 0.3) is 11.8 Å². The van der Waals surface area contributed by atoms with E-state index in [1.54, 1.807) is 19.6 Å². The molecule has 0 radical (unpaired) electrons. The van der Waals surface area contributed by atoms with Gasteiger partial charge in [0.15, 0.2) is 0 Å². The summed E-state index contributed by atoms with van der Waals surface area (Å²) in [5.74, 6) is -0.0615. The summed E-state index contributed by atoms with van der Waals surface area (Å²) in [5, 5.41) is 4.28. The van der Waals surface area contributed by atoms with Crippen LogP contribution in [0.5, 0.6) is 5.75 Å². The third-order valence-corrected chi connectivity index (χ3v) is 6.47. The second-order valence-corrected chi connectivity index (χ2v) is 8.42. The number of benzene rings is 2. The monoisotopic (exact) mass is 451 g/mol. The first-order valence-electron chi connectivity index (χ1n) is 10.8. The summed E-state index contributed by atoms with van der Waals surface area (Å²) >= 11 is 0. The molecule has 8 nitrogen and oxygen atoms in total. The van der Waals surface area contributed by atoms with Gasteiger partial charge >= 0.3 is 0 Å². The van der Waals surface area contributed by atoms with E-state index in [0.29, 0.717) is 16.7 Å². The molecule has 0 saturated heterocycles. The second-order valence-electron chi connectivity index (χ2n) is 8.42. The zero-order valence-corrected chi connectivity index (χ0v) is 18.8. The van der Waals surface area contributed by atoms with Crippen LogP contribution in [0.25, 0.3) is 44.2 Å². The van der Waals surface area contributed by atoms with E-state index in [2.05, 4.69) is 15.3 Å². The predicted octanol–water partition coefficient (Wildman–Crippen LogP) is 3.64. The lowest BCUT2D eigenvalue weighted by Gasteiger charge is -2.04. The largest absolute Gasteiger partial charge is 0.497 e. The highest BCUT2D eigenvalue weighted by Gasteiger charge is 2.35. The normalized spacial score (nSPS) is 14.0. The van der Waals surface area contributed by atoms with Crippen molar-refractivity contribution < 1.29 is 14.3 Å². The predicted molar refractivity (Wildman–Crippen MR) is 130 cm³/mol. The fourth-order valence-electron chi connectivity index (χ4n) is 4.82. The Morgan fingerprint density at radius 2 is 1.47 bits per heavy atom. The molecule has 2 amide bonds. The van der Waals surface area contributed by atoms with E-state index < -0.39 is 11.8 Å². The molecule has 0 bridgehead atoms. The summed E-state index contributed by atoms with van der Waals surface area (Å²) in [4.78, 5) is 33.4. The van der Waals surface area contributed by atoms with Gasteiger partial charge in [0.1, 0.15) is 5.75 Å². The van der Waals surface area contributed by atoms with Gasteiger partial charge in [-0.25, -0.2) is 4.98 Å². The van der Waals surface area contributed by atoms with Crippen LogP contribution in [0.15, 0.2) is 61.3 Å². The van der Waals surface area contributed by atoms with Crippen LogP contribution in [0, 0.1) is 0 Å². The van der Waals surface area contributed by atoms with Gasteiger partial charge in [-0.1, -0.05) is 12.1 Å². The Hall–Kier alpha value is -4.59. The molecular weight excluding hydrogens is 430 g/mol. The Balaban J connectivity index is 1.60. The van der Waals surface area contributed by atoms with Crippen LogP contribution in [0.4, 0.5) is 0 Å². The van der Waals surface area contributed by atoms with Gasteiger partial charge in [-0.05, 0) is 18.2 Å². The molecule has 5 aromatic rings. The molecule has 34 heavy (non-hydrogen) atoms. The van der Waals surface area contributed by atoms with Gasteiger partial charge < -0.3 is 18.9 Å². The van der Waals surface area contributed by atoms with Crippen LogP contribution in [0.3, 0.4) is 0 Å². The Bertz CT molecular complexity index is 1670. The highest BCUT2D eigenvalue weighted by Crippen LogP contribution is 2.39. The van der Waals surface area contributed by atoms with Crippen molar-refractivity contribution in [3.63, 3.8) is 0 Å². The summed E-state index contributed by atoms with van der Waals surface area (Å²) in [6, 6.07) is 11.7. The van der Waals surface area contributed by atoms with Crippen LogP contribution in [0.2, 0.25) is 0 Å². The fraction of sp³-hybridized carbons (Fsp3) is 0.115. The van der Waals surface area contributed by atoms with Crippen LogP contribution < -0.4 is 10.1 Å². The number of amides is 2. The molecule has 168 valence electrons. The number of ether oxygens (including phenoxy) is 1. The first-order chi connectivity index (χ1) is 16.5. The summed E-state index contributed by atoms with van der Waals surface area (Å²) in [7, 11) is 5.46.